The number of methoxy groups -OCH3 is 1. The molecule has 1 aliphatic rings. The molecule has 0 bridgehead atoms. The van der Waals surface area contributed by atoms with E-state index in [-0.39, 0.29) is 18.0 Å². The smallest absolute Gasteiger partial charge is 0.223 e. The Balaban J connectivity index is 2.25. The normalized spacial score (nSPS) is 23.7. The van der Waals surface area contributed by atoms with E-state index in [1.54, 1.807) is 7.11 Å². The summed E-state index contributed by atoms with van der Waals surface area (Å²) in [4.78, 5) is 13.9. The number of benzene rings is 1. The summed E-state index contributed by atoms with van der Waals surface area (Å²) >= 11 is 5.90. The number of nitrogens with two attached hydrogens (primary N) is 1. The molecule has 0 spiro atoms. The zero-order valence-electron chi connectivity index (χ0n) is 11.0. The highest BCUT2D eigenvalue weighted by atomic mass is 35.5. The van der Waals surface area contributed by atoms with E-state index in [4.69, 9.17) is 22.1 Å². The Hall–Kier alpha value is -1.10. The van der Waals surface area contributed by atoms with Gasteiger partial charge in [0.2, 0.25) is 5.91 Å². The third-order valence-corrected chi connectivity index (χ3v) is 3.75. The highest BCUT2D eigenvalue weighted by molar-refractivity contribution is 6.30. The number of hydrogen-bond acceptors (Lipinski definition) is 3. The van der Waals surface area contributed by atoms with E-state index in [1.807, 2.05) is 29.2 Å². The molecule has 0 radical (unpaired) electrons. The minimum Gasteiger partial charge on any atom is -0.383 e. The van der Waals surface area contributed by atoms with Gasteiger partial charge >= 0.3 is 0 Å². The number of carbonyl (C=O) groups is 1. The molecular weight excluding hydrogens is 264 g/mol. The van der Waals surface area contributed by atoms with Gasteiger partial charge in [0.25, 0.3) is 0 Å². The second-order valence-electron chi connectivity index (χ2n) is 4.78. The van der Waals surface area contributed by atoms with Crippen LogP contribution in [0.3, 0.4) is 0 Å². The molecule has 1 amide bonds. The molecule has 104 valence electrons. The van der Waals surface area contributed by atoms with Crippen LogP contribution in [0.5, 0.6) is 0 Å². The second kappa shape index (κ2) is 6.37. The van der Waals surface area contributed by atoms with Gasteiger partial charge in [0, 0.05) is 31.1 Å². The predicted octanol–water partition coefficient (Wildman–Crippen LogP) is 1.98. The van der Waals surface area contributed by atoms with Gasteiger partial charge in [-0.25, -0.2) is 0 Å². The zero-order valence-corrected chi connectivity index (χ0v) is 11.8. The van der Waals surface area contributed by atoms with Gasteiger partial charge in [-0.15, -0.1) is 0 Å². The molecule has 0 aliphatic carbocycles. The molecule has 1 aromatic carbocycles. The van der Waals surface area contributed by atoms with Crippen molar-refractivity contribution in [3.05, 3.63) is 34.9 Å². The monoisotopic (exact) mass is 282 g/mol. The van der Waals surface area contributed by atoms with Gasteiger partial charge in [-0.05, 0) is 24.1 Å². The third-order valence-electron chi connectivity index (χ3n) is 3.50. The molecule has 2 rings (SSSR count). The van der Waals surface area contributed by atoms with E-state index >= 15 is 0 Å². The number of piperidine rings is 1. The van der Waals surface area contributed by atoms with Crippen LogP contribution in [-0.4, -0.2) is 37.1 Å². The topological polar surface area (TPSA) is 55.6 Å². The van der Waals surface area contributed by atoms with Crippen LogP contribution >= 0.6 is 11.6 Å². The summed E-state index contributed by atoms with van der Waals surface area (Å²) in [6.07, 6.45) is 1.23. The van der Waals surface area contributed by atoms with Crippen LogP contribution in [0.15, 0.2) is 24.3 Å². The first kappa shape index (κ1) is 14.3. The number of hydrogen-bond donors (Lipinski definition) is 1. The van der Waals surface area contributed by atoms with Crippen molar-refractivity contribution in [1.82, 2.24) is 4.90 Å². The zero-order chi connectivity index (χ0) is 13.8. The largest absolute Gasteiger partial charge is 0.383 e. The molecule has 0 aromatic heterocycles. The highest BCUT2D eigenvalue weighted by Gasteiger charge is 2.34. The molecule has 2 atom stereocenters. The standard InChI is InChI=1S/C14H19ClN2O2/c1-19-9-8-17-13(18)7-6-12(16)14(17)10-2-4-11(15)5-3-10/h2-5,12,14H,6-9,16H2,1H3. The predicted molar refractivity (Wildman–Crippen MR) is 75.0 cm³/mol. The van der Waals surface area contributed by atoms with Gasteiger partial charge in [0.05, 0.1) is 12.6 Å². The Bertz CT molecular complexity index is 436. The van der Waals surface area contributed by atoms with E-state index in [1.165, 1.54) is 0 Å². The van der Waals surface area contributed by atoms with E-state index in [2.05, 4.69) is 0 Å². The maximum atomic E-state index is 12.1. The van der Waals surface area contributed by atoms with Crippen molar-refractivity contribution in [2.75, 3.05) is 20.3 Å². The minimum atomic E-state index is -0.0892. The van der Waals surface area contributed by atoms with Crippen molar-refractivity contribution in [1.29, 1.82) is 0 Å². The molecule has 2 unspecified atom stereocenters. The number of rotatable bonds is 4. The quantitative estimate of drug-likeness (QED) is 0.919. The van der Waals surface area contributed by atoms with Gasteiger partial charge in [-0.1, -0.05) is 23.7 Å². The average Bonchev–Trinajstić information content (AvgIpc) is 2.41. The van der Waals surface area contributed by atoms with E-state index in [0.29, 0.717) is 24.6 Å². The van der Waals surface area contributed by atoms with E-state index in [9.17, 15) is 4.79 Å². The van der Waals surface area contributed by atoms with Crippen molar-refractivity contribution in [2.45, 2.75) is 24.9 Å². The number of likely N-dealkylation sites (tertiary alicyclic amines) is 1. The summed E-state index contributed by atoms with van der Waals surface area (Å²) in [5.41, 5.74) is 7.23. The maximum absolute atomic E-state index is 12.1. The Morgan fingerprint density at radius 2 is 2.11 bits per heavy atom. The molecule has 1 aliphatic heterocycles. The lowest BCUT2D eigenvalue weighted by atomic mass is 9.90. The minimum absolute atomic E-state index is 0.0456. The lowest BCUT2D eigenvalue weighted by Gasteiger charge is -2.40. The summed E-state index contributed by atoms with van der Waals surface area (Å²) in [7, 11) is 1.63. The third kappa shape index (κ3) is 3.26. The first-order valence-corrected chi connectivity index (χ1v) is 6.80. The first-order chi connectivity index (χ1) is 9.13. The lowest BCUT2D eigenvalue weighted by Crippen LogP contribution is -2.49. The fourth-order valence-electron chi connectivity index (χ4n) is 2.52. The lowest BCUT2D eigenvalue weighted by molar-refractivity contribution is -0.138. The van der Waals surface area contributed by atoms with Crippen molar-refractivity contribution < 1.29 is 9.53 Å². The van der Waals surface area contributed by atoms with Crippen molar-refractivity contribution in [3.8, 4) is 0 Å². The second-order valence-corrected chi connectivity index (χ2v) is 5.22. The van der Waals surface area contributed by atoms with Crippen molar-refractivity contribution >= 4 is 17.5 Å². The van der Waals surface area contributed by atoms with Crippen LogP contribution in [0.2, 0.25) is 5.02 Å². The maximum Gasteiger partial charge on any atom is 0.223 e. The van der Waals surface area contributed by atoms with Crippen LogP contribution in [-0.2, 0) is 9.53 Å². The summed E-state index contributed by atoms with van der Waals surface area (Å²) in [5.74, 6) is 0.138. The van der Waals surface area contributed by atoms with E-state index < -0.39 is 0 Å². The van der Waals surface area contributed by atoms with Gasteiger partial charge in [0.15, 0.2) is 0 Å². The Morgan fingerprint density at radius 1 is 1.42 bits per heavy atom. The molecule has 5 heteroatoms. The van der Waals surface area contributed by atoms with Crippen LogP contribution < -0.4 is 5.73 Å². The van der Waals surface area contributed by atoms with Gasteiger partial charge in [-0.2, -0.15) is 0 Å². The Kier molecular flexibility index (Phi) is 4.80. The molecule has 0 saturated carbocycles. The molecule has 4 nitrogen and oxygen atoms in total. The Labute approximate surface area is 118 Å². The molecular formula is C14H19ClN2O2. The highest BCUT2D eigenvalue weighted by Crippen LogP contribution is 2.31. The molecule has 1 aromatic rings. The first-order valence-electron chi connectivity index (χ1n) is 6.43. The number of ether oxygens (including phenoxy) is 1. The molecule has 1 saturated heterocycles. The average molecular weight is 283 g/mol. The van der Waals surface area contributed by atoms with Gasteiger partial charge in [-0.3, -0.25) is 4.79 Å². The summed E-state index contributed by atoms with van der Waals surface area (Å²) in [6, 6.07) is 7.40. The number of halogens is 1. The fourth-order valence-corrected chi connectivity index (χ4v) is 2.64. The van der Waals surface area contributed by atoms with Crippen LogP contribution in [0.4, 0.5) is 0 Å². The van der Waals surface area contributed by atoms with Gasteiger partial charge < -0.3 is 15.4 Å². The van der Waals surface area contributed by atoms with Crippen molar-refractivity contribution in [3.63, 3.8) is 0 Å². The number of carbonyl (C=O) groups excluding carboxylic acids is 1. The molecule has 1 heterocycles. The summed E-state index contributed by atoms with van der Waals surface area (Å²) in [6.45, 7) is 1.08. The SMILES string of the molecule is COCCN1C(=O)CCC(N)C1c1ccc(Cl)cc1. The van der Waals surface area contributed by atoms with Crippen LogP contribution in [0.25, 0.3) is 0 Å². The fraction of sp³-hybridized carbons (Fsp3) is 0.500. The van der Waals surface area contributed by atoms with Gasteiger partial charge in [0.1, 0.15) is 0 Å². The summed E-state index contributed by atoms with van der Waals surface area (Å²) < 4.78 is 5.08. The number of nitrogens with zero attached hydrogens (tertiary/aromatic N) is 1. The summed E-state index contributed by atoms with van der Waals surface area (Å²) in [5, 5.41) is 0.683. The molecule has 1 fully saturated rings. The molecule has 2 N–H and O–H groups in total. The Morgan fingerprint density at radius 3 is 2.74 bits per heavy atom. The molecule has 19 heavy (non-hydrogen) atoms. The van der Waals surface area contributed by atoms with Crippen LogP contribution in [0, 0.1) is 0 Å². The van der Waals surface area contributed by atoms with Crippen molar-refractivity contribution in [2.24, 2.45) is 5.73 Å². The van der Waals surface area contributed by atoms with Crippen LogP contribution in [0.1, 0.15) is 24.4 Å². The van der Waals surface area contributed by atoms with E-state index in [0.717, 1.165) is 12.0 Å². The number of amides is 1.